The Morgan fingerprint density at radius 2 is 2.29 bits per heavy atom. The Balaban J connectivity index is 2.23. The zero-order valence-corrected chi connectivity index (χ0v) is 12.1. The predicted molar refractivity (Wildman–Crippen MR) is 80.4 cm³/mol. The first-order valence-electron chi connectivity index (χ1n) is 6.80. The van der Waals surface area contributed by atoms with Crippen LogP contribution in [0.5, 0.6) is 11.5 Å². The minimum atomic E-state index is -0.988. The van der Waals surface area contributed by atoms with Gasteiger partial charge >= 0.3 is 5.97 Å². The molecule has 0 amide bonds. The van der Waals surface area contributed by atoms with E-state index in [1.165, 1.54) is 6.08 Å². The molecule has 1 aromatic carbocycles. The minimum absolute atomic E-state index is 0.606. The van der Waals surface area contributed by atoms with Gasteiger partial charge in [0.1, 0.15) is 5.75 Å². The molecule has 0 unspecified atom stereocenters. The molecule has 2 aromatic rings. The van der Waals surface area contributed by atoms with E-state index in [1.807, 2.05) is 36.0 Å². The molecule has 21 heavy (non-hydrogen) atoms. The van der Waals surface area contributed by atoms with Crippen LogP contribution in [0.25, 0.3) is 6.08 Å². The standard InChI is InChI=1S/C16H18N2O3/c1-3-8-18-11-14(10-17-18)21-15-6-4-12(2)9-13(15)5-7-16(19)20/h4-7,9-11H,3,8H2,1-2H3,(H,19,20)/b7-5+. The van der Waals surface area contributed by atoms with Gasteiger partial charge in [0.15, 0.2) is 5.75 Å². The van der Waals surface area contributed by atoms with Crippen LogP contribution in [0.4, 0.5) is 0 Å². The number of aliphatic carboxylic acids is 1. The number of hydrogen-bond acceptors (Lipinski definition) is 3. The van der Waals surface area contributed by atoms with Crippen molar-refractivity contribution < 1.29 is 14.6 Å². The molecule has 0 aliphatic carbocycles. The maximum atomic E-state index is 10.7. The topological polar surface area (TPSA) is 64.3 Å². The van der Waals surface area contributed by atoms with E-state index >= 15 is 0 Å². The normalized spacial score (nSPS) is 11.0. The van der Waals surface area contributed by atoms with Gasteiger partial charge in [-0.25, -0.2) is 4.79 Å². The van der Waals surface area contributed by atoms with Crippen molar-refractivity contribution in [3.63, 3.8) is 0 Å². The Kier molecular flexibility index (Phi) is 4.77. The third kappa shape index (κ3) is 4.21. The second-order valence-corrected chi connectivity index (χ2v) is 4.75. The van der Waals surface area contributed by atoms with Crippen molar-refractivity contribution in [2.75, 3.05) is 0 Å². The SMILES string of the molecule is CCCn1cc(Oc2ccc(C)cc2/C=C/C(=O)O)cn1. The van der Waals surface area contributed by atoms with E-state index in [0.717, 1.165) is 30.2 Å². The number of aromatic nitrogens is 2. The first kappa shape index (κ1) is 14.8. The molecular formula is C16H18N2O3. The van der Waals surface area contributed by atoms with Crippen molar-refractivity contribution in [3.8, 4) is 11.5 Å². The van der Waals surface area contributed by atoms with Crippen molar-refractivity contribution in [1.82, 2.24) is 9.78 Å². The van der Waals surface area contributed by atoms with Gasteiger partial charge in [-0.1, -0.05) is 18.6 Å². The first-order valence-corrected chi connectivity index (χ1v) is 6.80. The summed E-state index contributed by atoms with van der Waals surface area (Å²) in [6.45, 7) is 4.86. The molecule has 5 heteroatoms. The second-order valence-electron chi connectivity index (χ2n) is 4.75. The lowest BCUT2D eigenvalue weighted by Crippen LogP contribution is -1.95. The lowest BCUT2D eigenvalue weighted by molar-refractivity contribution is -0.131. The molecule has 0 aliphatic heterocycles. The number of carbonyl (C=O) groups is 1. The van der Waals surface area contributed by atoms with Gasteiger partial charge in [-0.3, -0.25) is 4.68 Å². The molecule has 0 fully saturated rings. The molecule has 2 rings (SSSR count). The third-order valence-corrected chi connectivity index (χ3v) is 2.86. The average molecular weight is 286 g/mol. The fourth-order valence-electron chi connectivity index (χ4n) is 1.93. The van der Waals surface area contributed by atoms with Crippen LogP contribution in [0.1, 0.15) is 24.5 Å². The van der Waals surface area contributed by atoms with Gasteiger partial charge in [-0.15, -0.1) is 0 Å². The molecule has 0 aliphatic rings. The second kappa shape index (κ2) is 6.74. The van der Waals surface area contributed by atoms with E-state index in [0.29, 0.717) is 11.5 Å². The number of carboxylic acid groups (broad SMARTS) is 1. The number of benzene rings is 1. The Labute approximate surface area is 123 Å². The first-order chi connectivity index (χ1) is 10.1. The Morgan fingerprint density at radius 1 is 1.48 bits per heavy atom. The highest BCUT2D eigenvalue weighted by atomic mass is 16.5. The van der Waals surface area contributed by atoms with Gasteiger partial charge in [0, 0.05) is 18.2 Å². The summed E-state index contributed by atoms with van der Waals surface area (Å²) in [7, 11) is 0. The molecule has 0 spiro atoms. The monoisotopic (exact) mass is 286 g/mol. The van der Waals surface area contributed by atoms with Gasteiger partial charge in [-0.05, 0) is 31.6 Å². The number of nitrogens with zero attached hydrogens (tertiary/aromatic N) is 2. The Bertz CT molecular complexity index is 659. The number of aryl methyl sites for hydroxylation is 2. The summed E-state index contributed by atoms with van der Waals surface area (Å²) in [6, 6.07) is 5.63. The molecule has 0 saturated heterocycles. The van der Waals surface area contributed by atoms with E-state index < -0.39 is 5.97 Å². The molecule has 0 radical (unpaired) electrons. The molecule has 0 atom stereocenters. The van der Waals surface area contributed by atoms with Crippen molar-refractivity contribution in [2.45, 2.75) is 26.8 Å². The van der Waals surface area contributed by atoms with Crippen molar-refractivity contribution in [2.24, 2.45) is 0 Å². The van der Waals surface area contributed by atoms with Crippen molar-refractivity contribution >= 4 is 12.0 Å². The molecule has 1 aromatic heterocycles. The van der Waals surface area contributed by atoms with E-state index in [2.05, 4.69) is 12.0 Å². The molecule has 1 heterocycles. The fourth-order valence-corrected chi connectivity index (χ4v) is 1.93. The summed E-state index contributed by atoms with van der Waals surface area (Å²) >= 11 is 0. The van der Waals surface area contributed by atoms with Gasteiger partial charge in [0.05, 0.1) is 12.4 Å². The molecular weight excluding hydrogens is 268 g/mol. The minimum Gasteiger partial charge on any atom is -0.478 e. The van der Waals surface area contributed by atoms with Crippen molar-refractivity contribution in [3.05, 3.63) is 47.8 Å². The third-order valence-electron chi connectivity index (χ3n) is 2.86. The fraction of sp³-hybridized carbons (Fsp3) is 0.250. The molecule has 5 nitrogen and oxygen atoms in total. The van der Waals surface area contributed by atoms with Crippen LogP contribution in [0.15, 0.2) is 36.7 Å². The van der Waals surface area contributed by atoms with Gasteiger partial charge in [-0.2, -0.15) is 5.10 Å². The Hall–Kier alpha value is -2.56. The average Bonchev–Trinajstić information content (AvgIpc) is 2.87. The molecule has 0 saturated carbocycles. The van der Waals surface area contributed by atoms with Crippen LogP contribution in [-0.2, 0) is 11.3 Å². The van der Waals surface area contributed by atoms with E-state index in [-0.39, 0.29) is 0 Å². The number of carboxylic acids is 1. The van der Waals surface area contributed by atoms with Crippen LogP contribution in [0.3, 0.4) is 0 Å². The summed E-state index contributed by atoms with van der Waals surface area (Å²) in [5, 5.41) is 12.9. The van der Waals surface area contributed by atoms with Gasteiger partial charge in [0.2, 0.25) is 0 Å². The van der Waals surface area contributed by atoms with E-state index in [1.54, 1.807) is 6.20 Å². The van der Waals surface area contributed by atoms with Crippen LogP contribution in [0, 0.1) is 6.92 Å². The summed E-state index contributed by atoms with van der Waals surface area (Å²) in [6.07, 6.45) is 7.11. The summed E-state index contributed by atoms with van der Waals surface area (Å²) in [5.74, 6) is 0.254. The lowest BCUT2D eigenvalue weighted by Gasteiger charge is -2.07. The van der Waals surface area contributed by atoms with Gasteiger partial charge in [0.25, 0.3) is 0 Å². The summed E-state index contributed by atoms with van der Waals surface area (Å²) in [5.41, 5.74) is 1.76. The maximum Gasteiger partial charge on any atom is 0.328 e. The largest absolute Gasteiger partial charge is 0.478 e. The summed E-state index contributed by atoms with van der Waals surface area (Å²) < 4.78 is 7.61. The number of rotatable bonds is 6. The highest BCUT2D eigenvalue weighted by Gasteiger charge is 2.06. The highest BCUT2D eigenvalue weighted by molar-refractivity contribution is 5.86. The summed E-state index contributed by atoms with van der Waals surface area (Å²) in [4.78, 5) is 10.7. The molecule has 1 N–H and O–H groups in total. The molecule has 0 bridgehead atoms. The van der Waals surface area contributed by atoms with Crippen LogP contribution >= 0.6 is 0 Å². The maximum absolute atomic E-state index is 10.7. The lowest BCUT2D eigenvalue weighted by atomic mass is 10.1. The quantitative estimate of drug-likeness (QED) is 0.825. The van der Waals surface area contributed by atoms with E-state index in [9.17, 15) is 4.79 Å². The van der Waals surface area contributed by atoms with Gasteiger partial charge < -0.3 is 9.84 Å². The predicted octanol–water partition coefficient (Wildman–Crippen LogP) is 3.49. The highest BCUT2D eigenvalue weighted by Crippen LogP contribution is 2.27. The number of ether oxygens (including phenoxy) is 1. The zero-order chi connectivity index (χ0) is 15.2. The zero-order valence-electron chi connectivity index (χ0n) is 12.1. The van der Waals surface area contributed by atoms with Crippen LogP contribution in [0.2, 0.25) is 0 Å². The van der Waals surface area contributed by atoms with Crippen LogP contribution in [-0.4, -0.2) is 20.9 Å². The van der Waals surface area contributed by atoms with Crippen molar-refractivity contribution in [1.29, 1.82) is 0 Å². The van der Waals surface area contributed by atoms with Crippen LogP contribution < -0.4 is 4.74 Å². The Morgan fingerprint density at radius 3 is 3.00 bits per heavy atom. The smallest absolute Gasteiger partial charge is 0.328 e. The molecule has 110 valence electrons. The van der Waals surface area contributed by atoms with E-state index in [4.69, 9.17) is 9.84 Å². The number of hydrogen-bond donors (Lipinski definition) is 1.